The fourth-order valence-electron chi connectivity index (χ4n) is 2.07. The van der Waals surface area contributed by atoms with Crippen molar-refractivity contribution in [2.24, 2.45) is 0 Å². The van der Waals surface area contributed by atoms with E-state index in [2.05, 4.69) is 0 Å². The molecule has 0 unspecified atom stereocenters. The molecule has 0 atom stereocenters. The summed E-state index contributed by atoms with van der Waals surface area (Å²) in [5, 5.41) is 0. The SMILES string of the molecule is Cc1cccc(CC(=O)OCC(=O)N(C)c2ccccc2)c1. The number of esters is 1. The maximum Gasteiger partial charge on any atom is 0.310 e. The van der Waals surface area contributed by atoms with Gasteiger partial charge in [-0.1, -0.05) is 48.0 Å². The topological polar surface area (TPSA) is 46.6 Å². The summed E-state index contributed by atoms with van der Waals surface area (Å²) < 4.78 is 5.06. The smallest absolute Gasteiger partial charge is 0.310 e. The number of anilines is 1. The molecule has 0 aromatic heterocycles. The number of para-hydroxylation sites is 1. The van der Waals surface area contributed by atoms with Gasteiger partial charge in [-0.3, -0.25) is 9.59 Å². The molecule has 1 amide bonds. The minimum Gasteiger partial charge on any atom is -0.455 e. The Labute approximate surface area is 130 Å². The number of likely N-dealkylation sites (N-methyl/N-ethyl adjacent to an activating group) is 1. The molecule has 0 aliphatic carbocycles. The molecule has 22 heavy (non-hydrogen) atoms. The molecule has 0 saturated heterocycles. The van der Waals surface area contributed by atoms with Gasteiger partial charge >= 0.3 is 5.97 Å². The van der Waals surface area contributed by atoms with E-state index in [1.807, 2.05) is 61.5 Å². The van der Waals surface area contributed by atoms with Crippen LogP contribution in [0.1, 0.15) is 11.1 Å². The standard InChI is InChI=1S/C18H19NO3/c1-14-7-6-8-15(11-14)12-18(21)22-13-17(20)19(2)16-9-4-3-5-10-16/h3-11H,12-13H2,1-2H3. The van der Waals surface area contributed by atoms with Gasteiger partial charge in [0.25, 0.3) is 5.91 Å². The zero-order valence-corrected chi connectivity index (χ0v) is 12.8. The number of aryl methyl sites for hydroxylation is 1. The molecule has 0 heterocycles. The van der Waals surface area contributed by atoms with Crippen LogP contribution >= 0.6 is 0 Å². The van der Waals surface area contributed by atoms with Crippen molar-refractivity contribution in [2.45, 2.75) is 13.3 Å². The third-order valence-electron chi connectivity index (χ3n) is 3.31. The highest BCUT2D eigenvalue weighted by molar-refractivity contribution is 5.94. The molecular formula is C18H19NO3. The van der Waals surface area contributed by atoms with Crippen LogP contribution in [-0.4, -0.2) is 25.5 Å². The molecule has 0 aliphatic rings. The number of amides is 1. The Morgan fingerprint density at radius 1 is 1.05 bits per heavy atom. The van der Waals surface area contributed by atoms with Gasteiger partial charge in [0.2, 0.25) is 0 Å². The van der Waals surface area contributed by atoms with Crippen LogP contribution in [0, 0.1) is 6.92 Å². The fourth-order valence-corrected chi connectivity index (χ4v) is 2.07. The van der Waals surface area contributed by atoms with Gasteiger partial charge in [-0.2, -0.15) is 0 Å². The van der Waals surface area contributed by atoms with Gasteiger partial charge in [0.15, 0.2) is 6.61 Å². The van der Waals surface area contributed by atoms with Crippen LogP contribution in [0.2, 0.25) is 0 Å². The second-order valence-electron chi connectivity index (χ2n) is 5.11. The molecule has 0 saturated carbocycles. The fraction of sp³-hybridized carbons (Fsp3) is 0.222. The Hall–Kier alpha value is -2.62. The van der Waals surface area contributed by atoms with Crippen LogP contribution < -0.4 is 4.90 Å². The lowest BCUT2D eigenvalue weighted by Gasteiger charge is -2.17. The molecule has 0 radical (unpaired) electrons. The normalized spacial score (nSPS) is 10.1. The van der Waals surface area contributed by atoms with Crippen molar-refractivity contribution in [2.75, 3.05) is 18.6 Å². The van der Waals surface area contributed by atoms with Crippen LogP contribution in [0.25, 0.3) is 0 Å². The number of nitrogens with zero attached hydrogens (tertiary/aromatic N) is 1. The van der Waals surface area contributed by atoms with E-state index in [0.717, 1.165) is 16.8 Å². The van der Waals surface area contributed by atoms with Crippen molar-refractivity contribution in [1.29, 1.82) is 0 Å². The summed E-state index contributed by atoms with van der Waals surface area (Å²) in [5.41, 5.74) is 2.74. The molecule has 0 aliphatic heterocycles. The predicted octanol–water partition coefficient (Wildman–Crippen LogP) is 2.74. The monoisotopic (exact) mass is 297 g/mol. The van der Waals surface area contributed by atoms with Gasteiger partial charge in [-0.05, 0) is 24.6 Å². The first-order valence-electron chi connectivity index (χ1n) is 7.09. The summed E-state index contributed by atoms with van der Waals surface area (Å²) in [6.45, 7) is 1.71. The number of rotatable bonds is 5. The van der Waals surface area contributed by atoms with Crippen molar-refractivity contribution < 1.29 is 14.3 Å². The molecule has 4 heteroatoms. The number of carbonyl (C=O) groups is 2. The average molecular weight is 297 g/mol. The Morgan fingerprint density at radius 2 is 1.77 bits per heavy atom. The van der Waals surface area contributed by atoms with Crippen LogP contribution in [0.5, 0.6) is 0 Å². The van der Waals surface area contributed by atoms with Crippen LogP contribution in [0.4, 0.5) is 5.69 Å². The van der Waals surface area contributed by atoms with Crippen molar-refractivity contribution in [3.05, 3.63) is 65.7 Å². The van der Waals surface area contributed by atoms with E-state index in [9.17, 15) is 9.59 Å². The zero-order chi connectivity index (χ0) is 15.9. The summed E-state index contributed by atoms with van der Waals surface area (Å²) in [5.74, 6) is -0.663. The highest BCUT2D eigenvalue weighted by atomic mass is 16.5. The molecule has 0 spiro atoms. The van der Waals surface area contributed by atoms with Crippen molar-refractivity contribution in [1.82, 2.24) is 0 Å². The van der Waals surface area contributed by atoms with Crippen LogP contribution in [0.15, 0.2) is 54.6 Å². The molecule has 114 valence electrons. The molecule has 0 fully saturated rings. The third kappa shape index (κ3) is 4.45. The summed E-state index contributed by atoms with van der Waals surface area (Å²) in [6, 6.07) is 16.9. The summed E-state index contributed by atoms with van der Waals surface area (Å²) in [7, 11) is 1.66. The molecular weight excluding hydrogens is 278 g/mol. The molecule has 2 aromatic carbocycles. The highest BCUT2D eigenvalue weighted by Crippen LogP contribution is 2.11. The lowest BCUT2D eigenvalue weighted by atomic mass is 10.1. The largest absolute Gasteiger partial charge is 0.455 e. The van der Waals surface area contributed by atoms with Crippen LogP contribution in [0.3, 0.4) is 0 Å². The third-order valence-corrected chi connectivity index (χ3v) is 3.31. The quantitative estimate of drug-likeness (QED) is 0.797. The number of carbonyl (C=O) groups excluding carboxylic acids is 2. The van der Waals surface area contributed by atoms with Gasteiger partial charge in [-0.25, -0.2) is 0 Å². The molecule has 4 nitrogen and oxygen atoms in total. The number of benzene rings is 2. The lowest BCUT2D eigenvalue weighted by molar-refractivity contribution is -0.147. The van der Waals surface area contributed by atoms with E-state index in [0.29, 0.717) is 0 Å². The average Bonchev–Trinajstić information content (AvgIpc) is 2.52. The van der Waals surface area contributed by atoms with Gasteiger partial charge in [0, 0.05) is 12.7 Å². The number of hydrogen-bond donors (Lipinski definition) is 0. The maximum absolute atomic E-state index is 12.0. The van der Waals surface area contributed by atoms with Crippen molar-refractivity contribution in [3.8, 4) is 0 Å². The molecule has 0 bridgehead atoms. The minimum absolute atomic E-state index is 0.171. The van der Waals surface area contributed by atoms with Gasteiger partial charge in [-0.15, -0.1) is 0 Å². The van der Waals surface area contributed by atoms with E-state index in [4.69, 9.17) is 4.74 Å². The van der Waals surface area contributed by atoms with E-state index >= 15 is 0 Å². The van der Waals surface area contributed by atoms with Crippen molar-refractivity contribution in [3.63, 3.8) is 0 Å². The van der Waals surface area contributed by atoms with E-state index in [1.165, 1.54) is 4.90 Å². The minimum atomic E-state index is -0.402. The molecule has 2 aromatic rings. The van der Waals surface area contributed by atoms with Gasteiger partial charge in [0.05, 0.1) is 6.42 Å². The first-order valence-corrected chi connectivity index (χ1v) is 7.09. The predicted molar refractivity (Wildman–Crippen MR) is 85.7 cm³/mol. The Kier molecular flexibility index (Phi) is 5.31. The zero-order valence-electron chi connectivity index (χ0n) is 12.8. The Bertz CT molecular complexity index is 652. The second-order valence-corrected chi connectivity index (χ2v) is 5.11. The first-order chi connectivity index (χ1) is 10.6. The lowest BCUT2D eigenvalue weighted by Crippen LogP contribution is -2.31. The first kappa shape index (κ1) is 15.8. The maximum atomic E-state index is 12.0. The Morgan fingerprint density at radius 3 is 2.45 bits per heavy atom. The second kappa shape index (κ2) is 7.41. The molecule has 2 rings (SSSR count). The van der Waals surface area contributed by atoms with E-state index in [-0.39, 0.29) is 18.9 Å². The number of hydrogen-bond acceptors (Lipinski definition) is 3. The van der Waals surface area contributed by atoms with E-state index in [1.54, 1.807) is 7.05 Å². The summed E-state index contributed by atoms with van der Waals surface area (Å²) >= 11 is 0. The Balaban J connectivity index is 1.84. The number of ether oxygens (including phenoxy) is 1. The summed E-state index contributed by atoms with van der Waals surface area (Å²) in [6.07, 6.45) is 0.171. The van der Waals surface area contributed by atoms with Gasteiger partial charge < -0.3 is 9.64 Å². The highest BCUT2D eigenvalue weighted by Gasteiger charge is 2.13. The van der Waals surface area contributed by atoms with Crippen molar-refractivity contribution >= 4 is 17.6 Å². The van der Waals surface area contributed by atoms with Gasteiger partial charge in [0.1, 0.15) is 0 Å². The van der Waals surface area contributed by atoms with E-state index < -0.39 is 5.97 Å². The van der Waals surface area contributed by atoms with Crippen LogP contribution in [-0.2, 0) is 20.7 Å². The molecule has 0 N–H and O–H groups in total. The summed E-state index contributed by atoms with van der Waals surface area (Å²) in [4.78, 5) is 25.3.